The Labute approximate surface area is 96.4 Å². The number of thioether (sulfide) groups is 1. The van der Waals surface area contributed by atoms with Gasteiger partial charge in [-0.15, -0.1) is 0 Å². The molecule has 0 saturated heterocycles. The van der Waals surface area contributed by atoms with Gasteiger partial charge in [-0.25, -0.2) is 0 Å². The lowest BCUT2D eigenvalue weighted by atomic mass is 10.4. The van der Waals surface area contributed by atoms with Crippen LogP contribution in [0.4, 0.5) is 0 Å². The molecule has 1 aromatic rings. The molecule has 1 aromatic heterocycles. The summed E-state index contributed by atoms with van der Waals surface area (Å²) in [6, 6.07) is 5.19. The lowest BCUT2D eigenvalue weighted by Gasteiger charge is -2.09. The van der Waals surface area contributed by atoms with E-state index in [9.17, 15) is 0 Å². The van der Waals surface area contributed by atoms with Crippen LogP contribution < -0.4 is 5.32 Å². The summed E-state index contributed by atoms with van der Waals surface area (Å²) in [6.07, 6.45) is 4.93. The first-order chi connectivity index (χ1) is 7.40. The van der Waals surface area contributed by atoms with Crippen molar-refractivity contribution >= 4 is 11.8 Å². The third-order valence-electron chi connectivity index (χ3n) is 2.75. The van der Waals surface area contributed by atoms with Gasteiger partial charge in [0.25, 0.3) is 0 Å². The summed E-state index contributed by atoms with van der Waals surface area (Å²) in [7, 11) is 0. The fraction of sp³-hybridized carbons (Fsp3) is 0.667. The maximum absolute atomic E-state index is 3.56. The molecule has 1 N–H and O–H groups in total. The zero-order valence-corrected chi connectivity index (χ0v) is 10.2. The topological polar surface area (TPSA) is 17.0 Å². The maximum Gasteiger partial charge on any atom is 0.0361 e. The van der Waals surface area contributed by atoms with Gasteiger partial charge in [0.2, 0.25) is 0 Å². The van der Waals surface area contributed by atoms with Gasteiger partial charge in [-0.2, -0.15) is 11.8 Å². The lowest BCUT2D eigenvalue weighted by Crippen LogP contribution is -2.18. The van der Waals surface area contributed by atoms with Crippen LogP contribution in [-0.4, -0.2) is 22.1 Å². The number of hydrogen-bond donors (Lipinski definition) is 1. The highest BCUT2D eigenvalue weighted by atomic mass is 32.2. The molecule has 0 aliphatic heterocycles. The van der Waals surface area contributed by atoms with Crippen LogP contribution in [0.3, 0.4) is 0 Å². The zero-order valence-electron chi connectivity index (χ0n) is 9.41. The van der Waals surface area contributed by atoms with Crippen molar-refractivity contribution in [1.29, 1.82) is 0 Å². The number of hydrogen-bond acceptors (Lipinski definition) is 2. The Hall–Kier alpha value is -0.410. The van der Waals surface area contributed by atoms with Crippen LogP contribution in [0.1, 0.15) is 25.5 Å². The second-order valence-corrected chi connectivity index (χ2v) is 5.44. The molecule has 1 fully saturated rings. The van der Waals surface area contributed by atoms with E-state index in [2.05, 4.69) is 35.1 Å². The van der Waals surface area contributed by atoms with Crippen molar-refractivity contribution in [2.45, 2.75) is 38.9 Å². The molecular formula is C12H20N2S. The molecule has 2 rings (SSSR count). The quantitative estimate of drug-likeness (QED) is 0.717. The van der Waals surface area contributed by atoms with Crippen molar-refractivity contribution in [3.63, 3.8) is 0 Å². The average Bonchev–Trinajstić information content (AvgIpc) is 2.97. The Morgan fingerprint density at radius 1 is 1.53 bits per heavy atom. The van der Waals surface area contributed by atoms with Crippen LogP contribution in [0.5, 0.6) is 0 Å². The molecule has 0 spiro atoms. The number of rotatable bonds is 7. The number of nitrogens with one attached hydrogen (secondary N) is 1. The SMILES string of the molecule is CCSCCn1cccc1CNC1CC1. The molecule has 0 radical (unpaired) electrons. The average molecular weight is 224 g/mol. The standard InChI is InChI=1S/C12H20N2S/c1-2-15-9-8-14-7-3-4-12(14)10-13-11-5-6-11/h3-4,7,11,13H,2,5-6,8-10H2,1H3. The molecule has 2 nitrogen and oxygen atoms in total. The minimum absolute atomic E-state index is 0.804. The Bertz CT molecular complexity index is 292. The van der Waals surface area contributed by atoms with Crippen molar-refractivity contribution in [3.8, 4) is 0 Å². The Morgan fingerprint density at radius 2 is 2.40 bits per heavy atom. The van der Waals surface area contributed by atoms with E-state index in [0.717, 1.165) is 19.1 Å². The van der Waals surface area contributed by atoms with Crippen LogP contribution in [0.25, 0.3) is 0 Å². The maximum atomic E-state index is 3.56. The summed E-state index contributed by atoms with van der Waals surface area (Å²) in [6.45, 7) is 4.40. The Morgan fingerprint density at radius 3 is 3.13 bits per heavy atom. The molecular weight excluding hydrogens is 204 g/mol. The predicted molar refractivity (Wildman–Crippen MR) is 67.3 cm³/mol. The minimum atomic E-state index is 0.804. The third kappa shape index (κ3) is 3.58. The van der Waals surface area contributed by atoms with Crippen molar-refractivity contribution in [2.75, 3.05) is 11.5 Å². The van der Waals surface area contributed by atoms with Crippen LogP contribution in [0, 0.1) is 0 Å². The van der Waals surface area contributed by atoms with Gasteiger partial charge in [-0.3, -0.25) is 0 Å². The van der Waals surface area contributed by atoms with Gasteiger partial charge in [-0.05, 0) is 30.7 Å². The summed E-state index contributed by atoms with van der Waals surface area (Å²) in [5.41, 5.74) is 1.43. The molecule has 3 heteroatoms. The normalized spacial score (nSPS) is 15.8. The molecule has 1 saturated carbocycles. The lowest BCUT2D eigenvalue weighted by molar-refractivity contribution is 0.628. The molecule has 0 aromatic carbocycles. The first-order valence-corrected chi connectivity index (χ1v) is 7.00. The third-order valence-corrected chi connectivity index (χ3v) is 3.63. The summed E-state index contributed by atoms with van der Waals surface area (Å²) < 4.78 is 2.37. The van der Waals surface area contributed by atoms with Crippen molar-refractivity contribution in [1.82, 2.24) is 9.88 Å². The van der Waals surface area contributed by atoms with E-state index in [4.69, 9.17) is 0 Å². The second-order valence-electron chi connectivity index (χ2n) is 4.05. The van der Waals surface area contributed by atoms with E-state index in [0.29, 0.717) is 0 Å². The van der Waals surface area contributed by atoms with E-state index in [-0.39, 0.29) is 0 Å². The predicted octanol–water partition coefficient (Wildman–Crippen LogP) is 2.49. The monoisotopic (exact) mass is 224 g/mol. The molecule has 1 heterocycles. The van der Waals surface area contributed by atoms with E-state index in [1.807, 2.05) is 11.8 Å². The molecule has 0 bridgehead atoms. The largest absolute Gasteiger partial charge is 0.349 e. The van der Waals surface area contributed by atoms with E-state index >= 15 is 0 Å². The highest BCUT2D eigenvalue weighted by molar-refractivity contribution is 7.99. The van der Waals surface area contributed by atoms with Crippen LogP contribution in [0.2, 0.25) is 0 Å². The van der Waals surface area contributed by atoms with Gasteiger partial charge < -0.3 is 9.88 Å². The van der Waals surface area contributed by atoms with Gasteiger partial charge in [-0.1, -0.05) is 6.92 Å². The van der Waals surface area contributed by atoms with Gasteiger partial charge >= 0.3 is 0 Å². The second kappa shape index (κ2) is 5.61. The molecule has 1 aliphatic rings. The fourth-order valence-corrected chi connectivity index (χ4v) is 2.29. The molecule has 0 atom stereocenters. The van der Waals surface area contributed by atoms with Crippen LogP contribution >= 0.6 is 11.8 Å². The zero-order chi connectivity index (χ0) is 10.5. The van der Waals surface area contributed by atoms with Crippen molar-refractivity contribution in [2.24, 2.45) is 0 Å². The number of aromatic nitrogens is 1. The molecule has 0 unspecified atom stereocenters. The first-order valence-electron chi connectivity index (χ1n) is 5.85. The molecule has 1 aliphatic carbocycles. The minimum Gasteiger partial charge on any atom is -0.349 e. The van der Waals surface area contributed by atoms with E-state index in [1.165, 1.54) is 30.0 Å². The van der Waals surface area contributed by atoms with Gasteiger partial charge in [0.15, 0.2) is 0 Å². The highest BCUT2D eigenvalue weighted by Crippen LogP contribution is 2.19. The molecule has 0 amide bonds. The molecule has 84 valence electrons. The summed E-state index contributed by atoms with van der Waals surface area (Å²) in [5, 5.41) is 3.56. The van der Waals surface area contributed by atoms with Gasteiger partial charge in [0.1, 0.15) is 0 Å². The Balaban J connectivity index is 1.78. The Kier molecular flexibility index (Phi) is 4.15. The summed E-state index contributed by atoms with van der Waals surface area (Å²) in [4.78, 5) is 0. The first kappa shape index (κ1) is 11.1. The number of aryl methyl sites for hydroxylation is 1. The van der Waals surface area contributed by atoms with E-state index in [1.54, 1.807) is 0 Å². The highest BCUT2D eigenvalue weighted by Gasteiger charge is 2.20. The van der Waals surface area contributed by atoms with Crippen molar-refractivity contribution < 1.29 is 0 Å². The summed E-state index contributed by atoms with van der Waals surface area (Å²) >= 11 is 2.01. The van der Waals surface area contributed by atoms with Gasteiger partial charge in [0, 0.05) is 36.8 Å². The van der Waals surface area contributed by atoms with E-state index < -0.39 is 0 Å². The molecule has 15 heavy (non-hydrogen) atoms. The van der Waals surface area contributed by atoms with Gasteiger partial charge in [0.05, 0.1) is 0 Å². The fourth-order valence-electron chi connectivity index (χ4n) is 1.67. The number of nitrogens with zero attached hydrogens (tertiary/aromatic N) is 1. The smallest absolute Gasteiger partial charge is 0.0361 e. The van der Waals surface area contributed by atoms with Crippen LogP contribution in [0.15, 0.2) is 18.3 Å². The van der Waals surface area contributed by atoms with Crippen molar-refractivity contribution in [3.05, 3.63) is 24.0 Å². The van der Waals surface area contributed by atoms with Crippen LogP contribution in [-0.2, 0) is 13.1 Å². The summed E-state index contributed by atoms with van der Waals surface area (Å²) in [5.74, 6) is 2.44.